The molecule has 0 unspecified atom stereocenters. The Bertz CT molecular complexity index is 597. The molecule has 1 heterocycles. The Morgan fingerprint density at radius 2 is 1.77 bits per heavy atom. The van der Waals surface area contributed by atoms with E-state index in [1.807, 2.05) is 49.1 Å². The predicted octanol–water partition coefficient (Wildman–Crippen LogP) is 3.15. The fourth-order valence-electron chi connectivity index (χ4n) is 2.41. The second-order valence-electron chi connectivity index (χ2n) is 5.86. The van der Waals surface area contributed by atoms with Crippen LogP contribution in [0.15, 0.2) is 54.9 Å². The standard InChI is InChI=1S/C18H22N2O2/c1-18(2,14-22-3)20(13-15-7-5-4-6-8-15)17(21)16-9-11-19-12-10-16/h4-12H,13-14H2,1-3H3. The third-order valence-electron chi connectivity index (χ3n) is 3.58. The molecule has 0 aliphatic carbocycles. The van der Waals surface area contributed by atoms with Crippen LogP contribution < -0.4 is 0 Å². The van der Waals surface area contributed by atoms with Gasteiger partial charge in [-0.3, -0.25) is 9.78 Å². The van der Waals surface area contributed by atoms with Crippen molar-refractivity contribution in [2.45, 2.75) is 25.9 Å². The van der Waals surface area contributed by atoms with Crippen molar-refractivity contribution in [3.63, 3.8) is 0 Å². The molecule has 116 valence electrons. The maximum atomic E-state index is 12.9. The number of hydrogen-bond donors (Lipinski definition) is 0. The quantitative estimate of drug-likeness (QED) is 0.822. The first-order valence-electron chi connectivity index (χ1n) is 7.29. The van der Waals surface area contributed by atoms with Gasteiger partial charge in [0, 0.05) is 31.6 Å². The SMILES string of the molecule is COCC(C)(C)N(Cc1ccccc1)C(=O)c1ccncc1. The number of benzene rings is 1. The summed E-state index contributed by atoms with van der Waals surface area (Å²) in [6.45, 7) is 5.03. The third kappa shape index (κ3) is 3.92. The molecular weight excluding hydrogens is 276 g/mol. The fourth-order valence-corrected chi connectivity index (χ4v) is 2.41. The van der Waals surface area contributed by atoms with Crippen LogP contribution in [0.5, 0.6) is 0 Å². The normalized spacial score (nSPS) is 11.2. The molecular formula is C18H22N2O2. The summed E-state index contributed by atoms with van der Waals surface area (Å²) in [6, 6.07) is 13.5. The lowest BCUT2D eigenvalue weighted by Crippen LogP contribution is -2.50. The number of ether oxygens (including phenoxy) is 1. The minimum Gasteiger partial charge on any atom is -0.382 e. The van der Waals surface area contributed by atoms with Crippen molar-refractivity contribution in [3.8, 4) is 0 Å². The van der Waals surface area contributed by atoms with Gasteiger partial charge < -0.3 is 9.64 Å². The van der Waals surface area contributed by atoms with Crippen LogP contribution in [0, 0.1) is 0 Å². The topological polar surface area (TPSA) is 42.4 Å². The second kappa shape index (κ2) is 7.18. The van der Waals surface area contributed by atoms with Crippen LogP contribution >= 0.6 is 0 Å². The van der Waals surface area contributed by atoms with Crippen molar-refractivity contribution in [3.05, 3.63) is 66.0 Å². The Morgan fingerprint density at radius 3 is 2.36 bits per heavy atom. The highest BCUT2D eigenvalue weighted by atomic mass is 16.5. The number of pyridine rings is 1. The minimum atomic E-state index is -0.412. The van der Waals surface area contributed by atoms with Crippen LogP contribution in [-0.2, 0) is 11.3 Å². The van der Waals surface area contributed by atoms with Crippen LogP contribution in [-0.4, -0.2) is 35.0 Å². The summed E-state index contributed by atoms with van der Waals surface area (Å²) in [5, 5.41) is 0. The highest BCUT2D eigenvalue weighted by Gasteiger charge is 2.31. The van der Waals surface area contributed by atoms with Gasteiger partial charge in [-0.05, 0) is 31.5 Å². The molecule has 1 aromatic carbocycles. The summed E-state index contributed by atoms with van der Waals surface area (Å²) in [4.78, 5) is 18.7. The number of aromatic nitrogens is 1. The average Bonchev–Trinajstić information content (AvgIpc) is 2.53. The van der Waals surface area contributed by atoms with Gasteiger partial charge in [-0.25, -0.2) is 0 Å². The minimum absolute atomic E-state index is 0.0201. The monoisotopic (exact) mass is 298 g/mol. The first-order chi connectivity index (χ1) is 10.5. The Morgan fingerprint density at radius 1 is 1.14 bits per heavy atom. The first kappa shape index (κ1) is 16.2. The smallest absolute Gasteiger partial charge is 0.254 e. The number of hydrogen-bond acceptors (Lipinski definition) is 3. The molecule has 0 bridgehead atoms. The molecule has 0 saturated heterocycles. The van der Waals surface area contributed by atoms with E-state index in [1.165, 1.54) is 0 Å². The number of amides is 1. The van der Waals surface area contributed by atoms with Crippen LogP contribution in [0.3, 0.4) is 0 Å². The lowest BCUT2D eigenvalue weighted by molar-refractivity contribution is 0.0230. The maximum absolute atomic E-state index is 12.9. The molecule has 1 amide bonds. The molecule has 0 fully saturated rings. The van der Waals surface area contributed by atoms with E-state index in [2.05, 4.69) is 4.98 Å². The summed E-state index contributed by atoms with van der Waals surface area (Å²) in [5.74, 6) is -0.0201. The second-order valence-corrected chi connectivity index (χ2v) is 5.86. The zero-order valence-electron chi connectivity index (χ0n) is 13.3. The van der Waals surface area contributed by atoms with Crippen molar-refractivity contribution in [2.24, 2.45) is 0 Å². The van der Waals surface area contributed by atoms with E-state index in [1.54, 1.807) is 31.6 Å². The summed E-state index contributed by atoms with van der Waals surface area (Å²) in [5.41, 5.74) is 1.31. The van der Waals surface area contributed by atoms with Crippen molar-refractivity contribution >= 4 is 5.91 Å². The van der Waals surface area contributed by atoms with Gasteiger partial charge in [-0.2, -0.15) is 0 Å². The van der Waals surface area contributed by atoms with Gasteiger partial charge in [0.15, 0.2) is 0 Å². The van der Waals surface area contributed by atoms with E-state index < -0.39 is 5.54 Å². The molecule has 0 atom stereocenters. The van der Waals surface area contributed by atoms with E-state index in [4.69, 9.17) is 4.74 Å². The van der Waals surface area contributed by atoms with E-state index in [-0.39, 0.29) is 5.91 Å². The highest BCUT2D eigenvalue weighted by molar-refractivity contribution is 5.94. The summed E-state index contributed by atoms with van der Waals surface area (Å²) in [6.07, 6.45) is 3.27. The van der Waals surface area contributed by atoms with Gasteiger partial charge in [0.2, 0.25) is 0 Å². The van der Waals surface area contributed by atoms with Crippen molar-refractivity contribution < 1.29 is 9.53 Å². The molecule has 0 spiro atoms. The third-order valence-corrected chi connectivity index (χ3v) is 3.58. The van der Waals surface area contributed by atoms with Gasteiger partial charge in [0.25, 0.3) is 5.91 Å². The van der Waals surface area contributed by atoms with Crippen LogP contribution in [0.25, 0.3) is 0 Å². The van der Waals surface area contributed by atoms with E-state index in [9.17, 15) is 4.79 Å². The van der Waals surface area contributed by atoms with Crippen LogP contribution in [0.4, 0.5) is 0 Å². The molecule has 0 radical (unpaired) electrons. The maximum Gasteiger partial charge on any atom is 0.254 e. The Labute approximate surface area is 131 Å². The molecule has 0 N–H and O–H groups in total. The zero-order valence-corrected chi connectivity index (χ0v) is 13.3. The molecule has 0 aliphatic rings. The zero-order chi connectivity index (χ0) is 16.0. The molecule has 0 aliphatic heterocycles. The van der Waals surface area contributed by atoms with Crippen molar-refractivity contribution in [1.29, 1.82) is 0 Å². The van der Waals surface area contributed by atoms with Crippen LogP contribution in [0.1, 0.15) is 29.8 Å². The molecule has 0 saturated carbocycles. The Balaban J connectivity index is 2.31. The lowest BCUT2D eigenvalue weighted by atomic mass is 10.0. The number of methoxy groups -OCH3 is 1. The number of carbonyl (C=O) groups excluding carboxylic acids is 1. The van der Waals surface area contributed by atoms with Gasteiger partial charge in [0.05, 0.1) is 12.1 Å². The number of nitrogens with zero attached hydrogens (tertiary/aromatic N) is 2. The van der Waals surface area contributed by atoms with E-state index >= 15 is 0 Å². The lowest BCUT2D eigenvalue weighted by Gasteiger charge is -2.38. The number of rotatable bonds is 6. The Hall–Kier alpha value is -2.20. The Kier molecular flexibility index (Phi) is 5.28. The molecule has 4 nitrogen and oxygen atoms in total. The molecule has 4 heteroatoms. The largest absolute Gasteiger partial charge is 0.382 e. The van der Waals surface area contributed by atoms with Gasteiger partial charge in [-0.1, -0.05) is 30.3 Å². The first-order valence-corrected chi connectivity index (χ1v) is 7.29. The van der Waals surface area contributed by atoms with Gasteiger partial charge in [-0.15, -0.1) is 0 Å². The fraction of sp³-hybridized carbons (Fsp3) is 0.333. The highest BCUT2D eigenvalue weighted by Crippen LogP contribution is 2.21. The molecule has 2 aromatic rings. The van der Waals surface area contributed by atoms with Gasteiger partial charge >= 0.3 is 0 Å². The average molecular weight is 298 g/mol. The summed E-state index contributed by atoms with van der Waals surface area (Å²) < 4.78 is 5.31. The molecule has 2 rings (SSSR count). The summed E-state index contributed by atoms with van der Waals surface area (Å²) >= 11 is 0. The van der Waals surface area contributed by atoms with E-state index in [0.29, 0.717) is 18.7 Å². The predicted molar refractivity (Wildman–Crippen MR) is 86.5 cm³/mol. The molecule has 22 heavy (non-hydrogen) atoms. The van der Waals surface area contributed by atoms with Crippen LogP contribution in [0.2, 0.25) is 0 Å². The van der Waals surface area contributed by atoms with Crippen molar-refractivity contribution in [2.75, 3.05) is 13.7 Å². The van der Waals surface area contributed by atoms with E-state index in [0.717, 1.165) is 5.56 Å². The van der Waals surface area contributed by atoms with Gasteiger partial charge in [0.1, 0.15) is 0 Å². The van der Waals surface area contributed by atoms with Crippen molar-refractivity contribution in [1.82, 2.24) is 9.88 Å². The summed E-state index contributed by atoms with van der Waals surface area (Å²) in [7, 11) is 1.65. The number of carbonyl (C=O) groups is 1. The molecule has 1 aromatic heterocycles.